The zero-order chi connectivity index (χ0) is 15.5. The van der Waals surface area contributed by atoms with Crippen molar-refractivity contribution in [1.29, 1.82) is 0 Å². The van der Waals surface area contributed by atoms with Crippen molar-refractivity contribution >= 4 is 11.8 Å². The third kappa shape index (κ3) is 2.45. The molecule has 0 spiro atoms. The second-order valence-corrected chi connectivity index (χ2v) is 8.45. The molecule has 0 aromatic carbocycles. The molecule has 1 aliphatic heterocycles. The zero-order valence-corrected chi connectivity index (χ0v) is 13.8. The van der Waals surface area contributed by atoms with E-state index in [1.165, 1.54) is 0 Å². The van der Waals surface area contributed by atoms with E-state index in [0.29, 0.717) is 0 Å². The van der Waals surface area contributed by atoms with Gasteiger partial charge in [-0.15, -0.1) is 0 Å². The third-order valence-corrected chi connectivity index (χ3v) is 4.65. The fourth-order valence-corrected chi connectivity index (χ4v) is 3.17. The zero-order valence-electron chi connectivity index (χ0n) is 13.8. The molecular formula is C16H28N2O2. The van der Waals surface area contributed by atoms with E-state index in [1.807, 2.05) is 39.5 Å². The van der Waals surface area contributed by atoms with E-state index < -0.39 is 6.04 Å². The van der Waals surface area contributed by atoms with Gasteiger partial charge in [-0.25, -0.2) is 0 Å². The number of rotatable bonds is 2. The molecule has 1 N–H and O–H groups in total. The van der Waals surface area contributed by atoms with Crippen molar-refractivity contribution in [1.82, 2.24) is 10.2 Å². The molecule has 1 saturated carbocycles. The van der Waals surface area contributed by atoms with E-state index in [2.05, 4.69) is 19.2 Å². The molecule has 3 atom stereocenters. The van der Waals surface area contributed by atoms with Gasteiger partial charge >= 0.3 is 0 Å². The lowest BCUT2D eigenvalue weighted by Crippen LogP contribution is -2.68. The summed E-state index contributed by atoms with van der Waals surface area (Å²) in [6.07, 6.45) is 0.992. The average molecular weight is 280 g/mol. The van der Waals surface area contributed by atoms with Crippen LogP contribution >= 0.6 is 0 Å². The first-order valence-corrected chi connectivity index (χ1v) is 7.59. The molecule has 1 heterocycles. The normalized spacial score (nSPS) is 33.4. The molecule has 114 valence electrons. The van der Waals surface area contributed by atoms with Crippen molar-refractivity contribution in [2.75, 3.05) is 0 Å². The SMILES string of the molecule is CC(C)C1C(=O)NC(C(C)(C)C)C(=O)N1C1CC1(C)C. The molecule has 2 rings (SSSR count). The Morgan fingerprint density at radius 3 is 2.10 bits per heavy atom. The summed E-state index contributed by atoms with van der Waals surface area (Å²) in [5.41, 5.74) is -0.116. The fraction of sp³-hybridized carbons (Fsp3) is 0.875. The summed E-state index contributed by atoms with van der Waals surface area (Å²) in [4.78, 5) is 27.3. The second-order valence-electron chi connectivity index (χ2n) is 8.45. The van der Waals surface area contributed by atoms with Gasteiger partial charge < -0.3 is 10.2 Å². The first kappa shape index (κ1) is 15.3. The lowest BCUT2D eigenvalue weighted by molar-refractivity contribution is -0.155. The Morgan fingerprint density at radius 1 is 1.25 bits per heavy atom. The van der Waals surface area contributed by atoms with Crippen molar-refractivity contribution in [3.05, 3.63) is 0 Å². The Bertz CT molecular complexity index is 434. The molecular weight excluding hydrogens is 252 g/mol. The maximum absolute atomic E-state index is 12.9. The van der Waals surface area contributed by atoms with E-state index in [0.717, 1.165) is 6.42 Å². The van der Waals surface area contributed by atoms with Gasteiger partial charge in [0.1, 0.15) is 12.1 Å². The highest BCUT2D eigenvalue weighted by Crippen LogP contribution is 2.50. The van der Waals surface area contributed by atoms with Crippen LogP contribution in [-0.2, 0) is 9.59 Å². The highest BCUT2D eigenvalue weighted by atomic mass is 16.2. The molecule has 2 aliphatic rings. The van der Waals surface area contributed by atoms with Gasteiger partial charge in [-0.2, -0.15) is 0 Å². The Labute approximate surface area is 122 Å². The van der Waals surface area contributed by atoms with Gasteiger partial charge in [0.25, 0.3) is 0 Å². The monoisotopic (exact) mass is 280 g/mol. The Balaban J connectivity index is 2.35. The van der Waals surface area contributed by atoms with Crippen LogP contribution in [0.15, 0.2) is 0 Å². The number of piperazine rings is 1. The number of nitrogens with one attached hydrogen (secondary N) is 1. The summed E-state index contributed by atoms with van der Waals surface area (Å²) in [5.74, 6) is 0.227. The van der Waals surface area contributed by atoms with E-state index >= 15 is 0 Å². The molecule has 20 heavy (non-hydrogen) atoms. The predicted molar refractivity (Wildman–Crippen MR) is 79.0 cm³/mol. The molecule has 0 aromatic heterocycles. The molecule has 3 unspecified atom stereocenters. The summed E-state index contributed by atoms with van der Waals surface area (Å²) < 4.78 is 0. The number of nitrogens with zero attached hydrogens (tertiary/aromatic N) is 1. The average Bonchev–Trinajstić information content (AvgIpc) is 2.87. The van der Waals surface area contributed by atoms with Crippen LogP contribution in [0.1, 0.15) is 54.9 Å². The highest BCUT2D eigenvalue weighted by Gasteiger charge is 2.58. The van der Waals surface area contributed by atoms with Crippen molar-refractivity contribution < 1.29 is 9.59 Å². The summed E-state index contributed by atoms with van der Waals surface area (Å²) >= 11 is 0. The van der Waals surface area contributed by atoms with E-state index in [9.17, 15) is 9.59 Å². The number of carbonyl (C=O) groups is 2. The minimum absolute atomic E-state index is 0.00206. The second kappa shape index (κ2) is 4.47. The van der Waals surface area contributed by atoms with Crippen molar-refractivity contribution in [3.8, 4) is 0 Å². The smallest absolute Gasteiger partial charge is 0.246 e. The molecule has 2 amide bonds. The first-order valence-electron chi connectivity index (χ1n) is 7.59. The predicted octanol–water partition coefficient (Wildman–Crippen LogP) is 2.18. The molecule has 1 saturated heterocycles. The maximum Gasteiger partial charge on any atom is 0.246 e. The van der Waals surface area contributed by atoms with Gasteiger partial charge in [0.05, 0.1) is 0 Å². The summed E-state index contributed by atoms with van der Waals surface area (Å²) in [6, 6.07) is -0.535. The molecule has 2 fully saturated rings. The fourth-order valence-electron chi connectivity index (χ4n) is 3.17. The van der Waals surface area contributed by atoms with Crippen LogP contribution in [0.3, 0.4) is 0 Å². The summed E-state index contributed by atoms with van der Waals surface area (Å²) in [6.45, 7) is 14.4. The van der Waals surface area contributed by atoms with Crippen LogP contribution < -0.4 is 5.32 Å². The standard InChI is InChI=1S/C16H28N2O2/c1-9(2)11-13(19)17-12(15(3,4)5)14(20)18(11)10-8-16(10,6)7/h9-12H,8H2,1-7H3,(H,17,19). The van der Waals surface area contributed by atoms with Crippen LogP contribution in [0.25, 0.3) is 0 Å². The minimum atomic E-state index is -0.415. The van der Waals surface area contributed by atoms with E-state index in [-0.39, 0.29) is 40.6 Å². The Kier molecular flexibility index (Phi) is 3.43. The molecule has 0 radical (unpaired) electrons. The number of hydrogen-bond acceptors (Lipinski definition) is 2. The van der Waals surface area contributed by atoms with Crippen LogP contribution in [-0.4, -0.2) is 34.8 Å². The third-order valence-electron chi connectivity index (χ3n) is 4.65. The molecule has 4 heteroatoms. The van der Waals surface area contributed by atoms with E-state index in [1.54, 1.807) is 0 Å². The molecule has 4 nitrogen and oxygen atoms in total. The maximum atomic E-state index is 12.9. The first-order chi connectivity index (χ1) is 8.97. The lowest BCUT2D eigenvalue weighted by atomic mass is 9.82. The van der Waals surface area contributed by atoms with Gasteiger partial charge in [-0.05, 0) is 23.2 Å². The largest absolute Gasteiger partial charge is 0.342 e. The number of carbonyl (C=O) groups excluding carboxylic acids is 2. The summed E-state index contributed by atoms with van der Waals surface area (Å²) in [7, 11) is 0. The van der Waals surface area contributed by atoms with Gasteiger partial charge in [-0.3, -0.25) is 9.59 Å². The lowest BCUT2D eigenvalue weighted by Gasteiger charge is -2.45. The van der Waals surface area contributed by atoms with Crippen molar-refractivity contribution in [2.45, 2.75) is 73.0 Å². The quantitative estimate of drug-likeness (QED) is 0.843. The van der Waals surface area contributed by atoms with Crippen molar-refractivity contribution in [3.63, 3.8) is 0 Å². The Morgan fingerprint density at radius 2 is 1.75 bits per heavy atom. The minimum Gasteiger partial charge on any atom is -0.342 e. The van der Waals surface area contributed by atoms with Gasteiger partial charge in [0.2, 0.25) is 11.8 Å². The number of amides is 2. The van der Waals surface area contributed by atoms with Crippen LogP contribution in [0.5, 0.6) is 0 Å². The summed E-state index contributed by atoms with van der Waals surface area (Å²) in [5, 5.41) is 2.95. The van der Waals surface area contributed by atoms with Crippen LogP contribution in [0, 0.1) is 16.7 Å². The molecule has 0 aromatic rings. The Hall–Kier alpha value is -1.06. The topological polar surface area (TPSA) is 49.4 Å². The van der Waals surface area contributed by atoms with Gasteiger partial charge in [-0.1, -0.05) is 48.5 Å². The van der Waals surface area contributed by atoms with Crippen molar-refractivity contribution in [2.24, 2.45) is 16.7 Å². The van der Waals surface area contributed by atoms with Gasteiger partial charge in [0.15, 0.2) is 0 Å². The highest BCUT2D eigenvalue weighted by molar-refractivity contribution is 5.98. The van der Waals surface area contributed by atoms with Crippen LogP contribution in [0.2, 0.25) is 0 Å². The van der Waals surface area contributed by atoms with Gasteiger partial charge in [0, 0.05) is 6.04 Å². The number of hydrogen-bond donors (Lipinski definition) is 1. The van der Waals surface area contributed by atoms with E-state index in [4.69, 9.17) is 0 Å². The molecule has 1 aliphatic carbocycles. The molecule has 0 bridgehead atoms. The van der Waals surface area contributed by atoms with Crippen LogP contribution in [0.4, 0.5) is 0 Å².